The molecule has 1 aromatic heterocycles. The van der Waals surface area contributed by atoms with Crippen LogP contribution in [0.25, 0.3) is 11.3 Å². The summed E-state index contributed by atoms with van der Waals surface area (Å²) in [7, 11) is 0. The lowest BCUT2D eigenvalue weighted by Crippen LogP contribution is -2.20. The van der Waals surface area contributed by atoms with Crippen LogP contribution in [0.4, 0.5) is 5.13 Å². The Morgan fingerprint density at radius 1 is 1.26 bits per heavy atom. The number of carbonyl (C=O) groups excluding carboxylic acids is 1. The highest BCUT2D eigenvalue weighted by atomic mass is 79.9. The van der Waals surface area contributed by atoms with Gasteiger partial charge in [-0.15, -0.1) is 11.3 Å². The Balaban J connectivity index is 1.56. The standard InChI is InChI=1S/C20H18BrClN2O2S/c1-2-3-13-4-9-18(16(21)10-13)26-11-19(25)24-20-23-17(12-27-20)14-5-7-15(22)8-6-14/h4-10,12H,2-3,11H2,1H3,(H,23,24,25). The Labute approximate surface area is 175 Å². The quantitative estimate of drug-likeness (QED) is 0.452. The van der Waals surface area contributed by atoms with E-state index in [-0.39, 0.29) is 12.5 Å². The summed E-state index contributed by atoms with van der Waals surface area (Å²) in [5, 5.41) is 5.87. The topological polar surface area (TPSA) is 51.2 Å². The molecule has 1 N–H and O–H groups in total. The van der Waals surface area contributed by atoms with E-state index in [1.165, 1.54) is 16.9 Å². The number of hydrogen-bond acceptors (Lipinski definition) is 4. The van der Waals surface area contributed by atoms with Crippen molar-refractivity contribution >= 4 is 49.9 Å². The fraction of sp³-hybridized carbons (Fsp3) is 0.200. The van der Waals surface area contributed by atoms with E-state index < -0.39 is 0 Å². The molecule has 0 aliphatic rings. The summed E-state index contributed by atoms with van der Waals surface area (Å²) < 4.78 is 6.46. The Morgan fingerprint density at radius 2 is 2.04 bits per heavy atom. The lowest BCUT2D eigenvalue weighted by atomic mass is 10.1. The van der Waals surface area contributed by atoms with Crippen molar-refractivity contribution in [1.29, 1.82) is 0 Å². The van der Waals surface area contributed by atoms with Crippen LogP contribution < -0.4 is 10.1 Å². The zero-order valence-corrected chi connectivity index (χ0v) is 17.8. The fourth-order valence-corrected chi connectivity index (χ4v) is 3.89. The van der Waals surface area contributed by atoms with Gasteiger partial charge in [0, 0.05) is 16.0 Å². The maximum Gasteiger partial charge on any atom is 0.264 e. The highest BCUT2D eigenvalue weighted by Crippen LogP contribution is 2.27. The molecule has 0 aliphatic heterocycles. The van der Waals surface area contributed by atoms with Gasteiger partial charge < -0.3 is 4.74 Å². The average molecular weight is 466 g/mol. The van der Waals surface area contributed by atoms with Gasteiger partial charge >= 0.3 is 0 Å². The predicted octanol–water partition coefficient (Wildman–Crippen LogP) is 6.20. The number of benzene rings is 2. The van der Waals surface area contributed by atoms with Gasteiger partial charge in [0.1, 0.15) is 5.75 Å². The molecule has 27 heavy (non-hydrogen) atoms. The van der Waals surface area contributed by atoms with Crippen LogP contribution in [-0.2, 0) is 11.2 Å². The molecule has 0 unspecified atom stereocenters. The second-order valence-corrected chi connectivity index (χ2v) is 8.05. The Morgan fingerprint density at radius 3 is 2.74 bits per heavy atom. The molecule has 0 atom stereocenters. The highest BCUT2D eigenvalue weighted by Gasteiger charge is 2.10. The van der Waals surface area contributed by atoms with Crippen LogP contribution in [0.1, 0.15) is 18.9 Å². The number of hydrogen-bond donors (Lipinski definition) is 1. The van der Waals surface area contributed by atoms with Crippen molar-refractivity contribution in [3.63, 3.8) is 0 Å². The van der Waals surface area contributed by atoms with Crippen LogP contribution in [0, 0.1) is 0 Å². The summed E-state index contributed by atoms with van der Waals surface area (Å²) in [5.41, 5.74) is 2.98. The first kappa shape index (κ1) is 19.9. The fourth-order valence-electron chi connectivity index (χ4n) is 2.49. The van der Waals surface area contributed by atoms with E-state index in [1.807, 2.05) is 47.8 Å². The summed E-state index contributed by atoms with van der Waals surface area (Å²) in [6, 6.07) is 13.3. The zero-order valence-electron chi connectivity index (χ0n) is 14.7. The lowest BCUT2D eigenvalue weighted by molar-refractivity contribution is -0.118. The minimum absolute atomic E-state index is 0.0818. The lowest BCUT2D eigenvalue weighted by Gasteiger charge is -2.09. The maximum atomic E-state index is 12.2. The summed E-state index contributed by atoms with van der Waals surface area (Å²) in [5.74, 6) is 0.391. The van der Waals surface area contributed by atoms with E-state index in [2.05, 4.69) is 33.2 Å². The number of halogens is 2. The van der Waals surface area contributed by atoms with Gasteiger partial charge in [0.15, 0.2) is 11.7 Å². The number of thiazole rings is 1. The number of nitrogens with zero attached hydrogens (tertiary/aromatic N) is 1. The van der Waals surface area contributed by atoms with Crippen molar-refractivity contribution < 1.29 is 9.53 Å². The van der Waals surface area contributed by atoms with E-state index in [0.29, 0.717) is 15.9 Å². The Bertz CT molecular complexity index is 928. The van der Waals surface area contributed by atoms with E-state index in [4.69, 9.17) is 16.3 Å². The molecule has 7 heteroatoms. The molecule has 0 spiro atoms. The normalized spacial score (nSPS) is 10.6. The number of rotatable bonds is 7. The molecule has 0 radical (unpaired) electrons. The van der Waals surface area contributed by atoms with Crippen LogP contribution in [0.5, 0.6) is 5.75 Å². The van der Waals surface area contributed by atoms with Gasteiger partial charge in [-0.1, -0.05) is 43.1 Å². The number of carbonyl (C=O) groups is 1. The first-order valence-corrected chi connectivity index (χ1v) is 10.5. The van der Waals surface area contributed by atoms with Crippen molar-refractivity contribution in [3.8, 4) is 17.0 Å². The highest BCUT2D eigenvalue weighted by molar-refractivity contribution is 9.10. The predicted molar refractivity (Wildman–Crippen MR) is 115 cm³/mol. The van der Waals surface area contributed by atoms with Gasteiger partial charge in [0.05, 0.1) is 10.2 Å². The largest absolute Gasteiger partial charge is 0.483 e. The number of nitrogens with one attached hydrogen (secondary N) is 1. The van der Waals surface area contributed by atoms with Gasteiger partial charge in [-0.3, -0.25) is 10.1 Å². The number of ether oxygens (including phenoxy) is 1. The maximum absolute atomic E-state index is 12.2. The molecule has 0 fully saturated rings. The third-order valence-corrected chi connectivity index (χ3v) is 5.41. The number of amides is 1. The number of anilines is 1. The molecule has 140 valence electrons. The SMILES string of the molecule is CCCc1ccc(OCC(=O)Nc2nc(-c3ccc(Cl)cc3)cs2)c(Br)c1. The van der Waals surface area contributed by atoms with Crippen molar-refractivity contribution in [1.82, 2.24) is 4.98 Å². The van der Waals surface area contributed by atoms with Gasteiger partial charge in [0.2, 0.25) is 0 Å². The summed E-state index contributed by atoms with van der Waals surface area (Å²) in [4.78, 5) is 16.6. The number of aromatic nitrogens is 1. The molecule has 3 aromatic rings. The van der Waals surface area contributed by atoms with Crippen molar-refractivity contribution in [3.05, 3.63) is 62.9 Å². The molecule has 1 amide bonds. The summed E-state index contributed by atoms with van der Waals surface area (Å²) in [6.45, 7) is 2.06. The summed E-state index contributed by atoms with van der Waals surface area (Å²) in [6.07, 6.45) is 2.10. The number of aryl methyl sites for hydroxylation is 1. The van der Waals surface area contributed by atoms with E-state index >= 15 is 0 Å². The monoisotopic (exact) mass is 464 g/mol. The summed E-state index contributed by atoms with van der Waals surface area (Å²) >= 11 is 10.8. The molecule has 0 saturated heterocycles. The first-order valence-electron chi connectivity index (χ1n) is 8.47. The zero-order chi connectivity index (χ0) is 19.2. The third kappa shape index (κ3) is 5.54. The molecular formula is C20H18BrClN2O2S. The minimum atomic E-state index is -0.253. The molecule has 0 aliphatic carbocycles. The Hall–Kier alpha value is -1.89. The van der Waals surface area contributed by atoms with Crippen LogP contribution >= 0.6 is 38.9 Å². The van der Waals surface area contributed by atoms with Gasteiger partial charge in [-0.05, 0) is 52.2 Å². The minimum Gasteiger partial charge on any atom is -0.483 e. The van der Waals surface area contributed by atoms with Crippen LogP contribution in [0.3, 0.4) is 0 Å². The van der Waals surface area contributed by atoms with Crippen LogP contribution in [0.2, 0.25) is 5.02 Å². The Kier molecular flexibility index (Phi) is 6.88. The molecule has 3 rings (SSSR count). The van der Waals surface area contributed by atoms with Crippen molar-refractivity contribution in [2.75, 3.05) is 11.9 Å². The van der Waals surface area contributed by atoms with Gasteiger partial charge in [-0.2, -0.15) is 0 Å². The van der Waals surface area contributed by atoms with E-state index in [1.54, 1.807) is 0 Å². The van der Waals surface area contributed by atoms with Crippen LogP contribution in [0.15, 0.2) is 52.3 Å². The van der Waals surface area contributed by atoms with Gasteiger partial charge in [0.25, 0.3) is 5.91 Å². The van der Waals surface area contributed by atoms with Gasteiger partial charge in [-0.25, -0.2) is 4.98 Å². The average Bonchev–Trinajstić information content (AvgIpc) is 3.10. The van der Waals surface area contributed by atoms with E-state index in [0.717, 1.165) is 28.6 Å². The molecule has 2 aromatic carbocycles. The molecule has 0 bridgehead atoms. The molecule has 4 nitrogen and oxygen atoms in total. The molecule has 0 saturated carbocycles. The van der Waals surface area contributed by atoms with Crippen molar-refractivity contribution in [2.45, 2.75) is 19.8 Å². The third-order valence-electron chi connectivity index (χ3n) is 3.78. The van der Waals surface area contributed by atoms with Crippen LogP contribution in [-0.4, -0.2) is 17.5 Å². The molecule has 1 heterocycles. The molecular weight excluding hydrogens is 448 g/mol. The second-order valence-electron chi connectivity index (χ2n) is 5.90. The smallest absolute Gasteiger partial charge is 0.264 e. The van der Waals surface area contributed by atoms with Crippen molar-refractivity contribution in [2.24, 2.45) is 0 Å². The first-order chi connectivity index (χ1) is 13.0. The van der Waals surface area contributed by atoms with E-state index in [9.17, 15) is 4.79 Å². The second kappa shape index (κ2) is 9.35.